The molecular weight excluding hydrogens is 144 g/mol. The van der Waals surface area contributed by atoms with Gasteiger partial charge in [0, 0.05) is 11.3 Å². The fourth-order valence-electron chi connectivity index (χ4n) is 1.57. The molecule has 0 N–H and O–H groups in total. The van der Waals surface area contributed by atoms with Crippen LogP contribution in [0.3, 0.4) is 0 Å². The van der Waals surface area contributed by atoms with Crippen LogP contribution in [-0.4, -0.2) is 0 Å². The van der Waals surface area contributed by atoms with Crippen LogP contribution in [0.1, 0.15) is 52.9 Å². The van der Waals surface area contributed by atoms with Crippen LogP contribution in [0.25, 0.3) is 0 Å². The minimum atomic E-state index is 0.192. The van der Waals surface area contributed by atoms with Crippen LogP contribution < -0.4 is 0 Å². The van der Waals surface area contributed by atoms with Crippen molar-refractivity contribution in [1.29, 1.82) is 0 Å². The molecule has 1 aliphatic carbocycles. The van der Waals surface area contributed by atoms with Crippen molar-refractivity contribution in [3.63, 3.8) is 0 Å². The third-order valence-electron chi connectivity index (χ3n) is 2.26. The van der Waals surface area contributed by atoms with E-state index in [0.29, 0.717) is 5.92 Å². The largest absolute Gasteiger partial charge is 0.0994 e. The quantitative estimate of drug-likeness (QED) is 0.480. The van der Waals surface area contributed by atoms with Crippen LogP contribution in [0.4, 0.5) is 0 Å². The molecule has 1 rings (SSSR count). The zero-order valence-electron chi connectivity index (χ0n) is 8.61. The summed E-state index contributed by atoms with van der Waals surface area (Å²) in [5, 5.41) is 0. The topological polar surface area (TPSA) is 0 Å². The van der Waals surface area contributed by atoms with Crippen molar-refractivity contribution in [2.24, 2.45) is 11.3 Å². The van der Waals surface area contributed by atoms with Crippen LogP contribution in [0.2, 0.25) is 0 Å². The maximum Gasteiger partial charge on any atom is 0.0230 e. The van der Waals surface area contributed by atoms with Crippen molar-refractivity contribution in [2.45, 2.75) is 52.9 Å². The first-order valence-corrected chi connectivity index (χ1v) is 5.11. The molecule has 0 heterocycles. The van der Waals surface area contributed by atoms with E-state index >= 15 is 0 Å². The van der Waals surface area contributed by atoms with Crippen LogP contribution >= 0.6 is 0 Å². The second kappa shape index (κ2) is 3.99. The Morgan fingerprint density at radius 2 is 1.58 bits per heavy atom. The smallest absolute Gasteiger partial charge is 0.0230 e. The summed E-state index contributed by atoms with van der Waals surface area (Å²) in [6, 6.07) is 0. The zero-order valence-corrected chi connectivity index (χ0v) is 8.61. The third-order valence-corrected chi connectivity index (χ3v) is 2.26. The highest BCUT2D eigenvalue weighted by atomic mass is 14.2. The monoisotopic (exact) mass is 164 g/mol. The molecule has 0 bridgehead atoms. The van der Waals surface area contributed by atoms with Crippen molar-refractivity contribution in [1.82, 2.24) is 0 Å². The zero-order chi connectivity index (χ0) is 9.03. The fraction of sp³-hybridized carbons (Fsp3) is 0.833. The van der Waals surface area contributed by atoms with E-state index < -0.39 is 0 Å². The molecule has 0 aromatic rings. The highest BCUT2D eigenvalue weighted by Crippen LogP contribution is 2.23. The Morgan fingerprint density at radius 3 is 2.08 bits per heavy atom. The molecular formula is C12H20. The highest BCUT2D eigenvalue weighted by molar-refractivity contribution is 5.10. The minimum Gasteiger partial charge on any atom is -0.0994 e. The Balaban J connectivity index is 2.41. The van der Waals surface area contributed by atoms with Gasteiger partial charge in [0.1, 0.15) is 0 Å². The second-order valence-corrected chi connectivity index (χ2v) is 4.85. The lowest BCUT2D eigenvalue weighted by Gasteiger charge is -2.16. The van der Waals surface area contributed by atoms with Gasteiger partial charge in [0.25, 0.3) is 0 Å². The first-order valence-electron chi connectivity index (χ1n) is 5.11. The predicted molar refractivity (Wildman–Crippen MR) is 53.8 cm³/mol. The van der Waals surface area contributed by atoms with E-state index in [0.717, 1.165) is 0 Å². The van der Waals surface area contributed by atoms with Crippen molar-refractivity contribution in [3.8, 4) is 11.8 Å². The van der Waals surface area contributed by atoms with Crippen LogP contribution in [-0.2, 0) is 0 Å². The summed E-state index contributed by atoms with van der Waals surface area (Å²) in [6.07, 6.45) is 6.88. The summed E-state index contributed by atoms with van der Waals surface area (Å²) in [5.41, 5.74) is 0.192. The minimum absolute atomic E-state index is 0.192. The molecule has 0 spiro atoms. The predicted octanol–water partition coefficient (Wildman–Crippen LogP) is 3.62. The fourth-order valence-corrected chi connectivity index (χ4v) is 1.57. The number of rotatable bonds is 0. The number of hydrogen-bond donors (Lipinski definition) is 0. The van der Waals surface area contributed by atoms with Gasteiger partial charge in [-0.3, -0.25) is 0 Å². The highest BCUT2D eigenvalue weighted by Gasteiger charge is 2.11. The standard InChI is InChI=1S/C12H20/c1-12(2,3)10-9-11-7-5-4-6-8-11/h11H,4-8H2,1-3H3. The van der Waals surface area contributed by atoms with E-state index in [1.54, 1.807) is 0 Å². The molecule has 0 saturated heterocycles. The summed E-state index contributed by atoms with van der Waals surface area (Å²) >= 11 is 0. The van der Waals surface area contributed by atoms with E-state index in [9.17, 15) is 0 Å². The Bertz CT molecular complexity index is 178. The molecule has 0 atom stereocenters. The van der Waals surface area contributed by atoms with Gasteiger partial charge in [-0.25, -0.2) is 0 Å². The maximum absolute atomic E-state index is 3.41. The Hall–Kier alpha value is -0.440. The van der Waals surface area contributed by atoms with E-state index in [2.05, 4.69) is 32.6 Å². The van der Waals surface area contributed by atoms with E-state index in [1.165, 1.54) is 32.1 Å². The first kappa shape index (κ1) is 9.65. The lowest BCUT2D eigenvalue weighted by Crippen LogP contribution is -2.06. The van der Waals surface area contributed by atoms with Gasteiger partial charge in [-0.05, 0) is 33.6 Å². The van der Waals surface area contributed by atoms with Crippen LogP contribution in [0.5, 0.6) is 0 Å². The van der Waals surface area contributed by atoms with Gasteiger partial charge in [-0.2, -0.15) is 0 Å². The molecule has 0 amide bonds. The van der Waals surface area contributed by atoms with Crippen LogP contribution in [0.15, 0.2) is 0 Å². The van der Waals surface area contributed by atoms with E-state index in [4.69, 9.17) is 0 Å². The Kier molecular flexibility index (Phi) is 3.20. The Labute approximate surface area is 76.7 Å². The molecule has 0 aliphatic heterocycles. The van der Waals surface area contributed by atoms with E-state index in [-0.39, 0.29) is 5.41 Å². The molecule has 0 radical (unpaired) electrons. The average Bonchev–Trinajstić information content (AvgIpc) is 2.02. The molecule has 0 heteroatoms. The third kappa shape index (κ3) is 3.81. The van der Waals surface area contributed by atoms with E-state index in [1.807, 2.05) is 0 Å². The van der Waals surface area contributed by atoms with Crippen molar-refractivity contribution in [3.05, 3.63) is 0 Å². The lowest BCUT2D eigenvalue weighted by molar-refractivity contribution is 0.428. The van der Waals surface area contributed by atoms with Gasteiger partial charge in [0.05, 0.1) is 0 Å². The van der Waals surface area contributed by atoms with Gasteiger partial charge in [-0.15, -0.1) is 0 Å². The number of hydrogen-bond acceptors (Lipinski definition) is 0. The summed E-state index contributed by atoms with van der Waals surface area (Å²) in [6.45, 7) is 6.55. The van der Waals surface area contributed by atoms with Gasteiger partial charge in [0.2, 0.25) is 0 Å². The molecule has 0 unspecified atom stereocenters. The molecule has 1 aliphatic rings. The summed E-state index contributed by atoms with van der Waals surface area (Å²) in [5.74, 6) is 7.46. The maximum atomic E-state index is 3.41. The van der Waals surface area contributed by atoms with Gasteiger partial charge in [0.15, 0.2) is 0 Å². The second-order valence-electron chi connectivity index (χ2n) is 4.85. The first-order chi connectivity index (χ1) is 5.58. The lowest BCUT2D eigenvalue weighted by atomic mass is 9.88. The van der Waals surface area contributed by atoms with Crippen molar-refractivity contribution >= 4 is 0 Å². The average molecular weight is 164 g/mol. The normalized spacial score (nSPS) is 19.9. The molecule has 0 aromatic heterocycles. The summed E-state index contributed by atoms with van der Waals surface area (Å²) < 4.78 is 0. The molecule has 68 valence electrons. The molecule has 1 fully saturated rings. The molecule has 12 heavy (non-hydrogen) atoms. The van der Waals surface area contributed by atoms with Crippen molar-refractivity contribution in [2.75, 3.05) is 0 Å². The summed E-state index contributed by atoms with van der Waals surface area (Å²) in [7, 11) is 0. The Morgan fingerprint density at radius 1 is 1.00 bits per heavy atom. The van der Waals surface area contributed by atoms with Gasteiger partial charge in [-0.1, -0.05) is 31.1 Å². The molecule has 0 aromatic carbocycles. The molecule has 1 saturated carbocycles. The van der Waals surface area contributed by atoms with Gasteiger partial charge < -0.3 is 0 Å². The summed E-state index contributed by atoms with van der Waals surface area (Å²) in [4.78, 5) is 0. The molecule has 0 nitrogen and oxygen atoms in total. The van der Waals surface area contributed by atoms with Gasteiger partial charge >= 0.3 is 0 Å². The van der Waals surface area contributed by atoms with Crippen molar-refractivity contribution < 1.29 is 0 Å². The van der Waals surface area contributed by atoms with Crippen LogP contribution in [0, 0.1) is 23.2 Å². The SMILES string of the molecule is CC(C)(C)C#CC1CCCCC1.